The number of hydrogen-bond donors (Lipinski definition) is 1. The minimum absolute atomic E-state index is 0.0277. The maximum atomic E-state index is 10.5. The quantitative estimate of drug-likeness (QED) is 0.626. The van der Waals surface area contributed by atoms with E-state index in [0.717, 1.165) is 30.1 Å². The highest BCUT2D eigenvalue weighted by Crippen LogP contribution is 2.66. The average Bonchev–Trinajstić information content (AvgIpc) is 2.76. The summed E-state index contributed by atoms with van der Waals surface area (Å²) in [6.07, 6.45) is 11.7. The molecule has 0 radical (unpaired) electrons. The van der Waals surface area contributed by atoms with Gasteiger partial charge in [-0.15, -0.1) is 0 Å². The SMILES string of the molecule is C=C1CC[C@]2(C)C3CC[C@]4(C)C(O)CCC4C3CC[C@H]2C1. The monoisotopic (exact) mass is 288 g/mol. The normalized spacial score (nSPS) is 56.5. The molecule has 0 heterocycles. The number of rotatable bonds is 0. The number of hydrogen-bond acceptors (Lipinski definition) is 1. The highest BCUT2D eigenvalue weighted by Gasteiger charge is 2.59. The molecule has 21 heavy (non-hydrogen) atoms. The first kappa shape index (κ1) is 14.3. The van der Waals surface area contributed by atoms with Crippen LogP contribution in [0.4, 0.5) is 0 Å². The second-order valence-corrected chi connectivity index (χ2v) is 9.25. The van der Waals surface area contributed by atoms with Crippen LogP contribution in [0.5, 0.6) is 0 Å². The summed E-state index contributed by atoms with van der Waals surface area (Å²) >= 11 is 0. The molecule has 4 aliphatic carbocycles. The third-order valence-electron chi connectivity index (χ3n) is 8.57. The van der Waals surface area contributed by atoms with Gasteiger partial charge in [0.05, 0.1) is 6.10 Å². The van der Waals surface area contributed by atoms with Gasteiger partial charge in [0, 0.05) is 0 Å². The van der Waals surface area contributed by atoms with Gasteiger partial charge in [-0.3, -0.25) is 0 Å². The van der Waals surface area contributed by atoms with Gasteiger partial charge in [0.2, 0.25) is 0 Å². The van der Waals surface area contributed by atoms with Gasteiger partial charge in [0.25, 0.3) is 0 Å². The Morgan fingerprint density at radius 2 is 1.71 bits per heavy atom. The first-order chi connectivity index (χ1) is 9.95. The molecule has 0 amide bonds. The van der Waals surface area contributed by atoms with Crippen LogP contribution in [0.15, 0.2) is 12.2 Å². The number of allylic oxidation sites excluding steroid dienone is 1. The third-order valence-corrected chi connectivity index (χ3v) is 8.57. The molecule has 0 aromatic heterocycles. The van der Waals surface area contributed by atoms with E-state index in [1.165, 1.54) is 56.9 Å². The van der Waals surface area contributed by atoms with Crippen molar-refractivity contribution in [1.82, 2.24) is 0 Å². The molecule has 7 atom stereocenters. The van der Waals surface area contributed by atoms with Gasteiger partial charge >= 0.3 is 0 Å². The molecule has 0 bridgehead atoms. The maximum absolute atomic E-state index is 10.5. The Morgan fingerprint density at radius 1 is 0.952 bits per heavy atom. The fraction of sp³-hybridized carbons (Fsp3) is 0.900. The van der Waals surface area contributed by atoms with Crippen LogP contribution in [0.25, 0.3) is 0 Å². The minimum atomic E-state index is -0.0277. The first-order valence-electron chi connectivity index (χ1n) is 9.30. The van der Waals surface area contributed by atoms with Gasteiger partial charge in [0.1, 0.15) is 0 Å². The van der Waals surface area contributed by atoms with E-state index in [2.05, 4.69) is 20.4 Å². The van der Waals surface area contributed by atoms with E-state index in [1.54, 1.807) is 0 Å². The molecule has 4 rings (SSSR count). The smallest absolute Gasteiger partial charge is 0.0596 e. The Bertz CT molecular complexity index is 455. The van der Waals surface area contributed by atoms with Crippen LogP contribution in [-0.2, 0) is 0 Å². The summed E-state index contributed by atoms with van der Waals surface area (Å²) in [6.45, 7) is 9.28. The van der Waals surface area contributed by atoms with E-state index in [4.69, 9.17) is 0 Å². The second kappa shape index (κ2) is 4.60. The largest absolute Gasteiger partial charge is 0.393 e. The highest BCUT2D eigenvalue weighted by atomic mass is 16.3. The van der Waals surface area contributed by atoms with Crippen LogP contribution in [-0.4, -0.2) is 11.2 Å². The Hall–Kier alpha value is -0.300. The van der Waals surface area contributed by atoms with Crippen molar-refractivity contribution in [2.75, 3.05) is 0 Å². The van der Waals surface area contributed by atoms with Gasteiger partial charge in [-0.25, -0.2) is 0 Å². The molecule has 0 saturated heterocycles. The zero-order chi connectivity index (χ0) is 14.8. The summed E-state index contributed by atoms with van der Waals surface area (Å²) in [4.78, 5) is 0. The number of fused-ring (bicyclic) bond motifs is 5. The molecule has 0 aliphatic heterocycles. The Morgan fingerprint density at radius 3 is 2.52 bits per heavy atom. The van der Waals surface area contributed by atoms with Gasteiger partial charge < -0.3 is 5.11 Å². The van der Waals surface area contributed by atoms with Crippen molar-refractivity contribution in [3.8, 4) is 0 Å². The van der Waals surface area contributed by atoms with E-state index in [-0.39, 0.29) is 11.5 Å². The standard InChI is InChI=1S/C20H32O/c1-13-8-10-19(2)14(12-13)4-5-15-16-6-7-18(21)20(16,3)11-9-17(15)19/h14-18,21H,1,4-12H2,2-3H3/t14-,15?,16?,17?,18?,19-,20-/m0/s1. The van der Waals surface area contributed by atoms with E-state index >= 15 is 0 Å². The van der Waals surface area contributed by atoms with Gasteiger partial charge in [-0.2, -0.15) is 0 Å². The second-order valence-electron chi connectivity index (χ2n) is 9.25. The molecule has 0 spiro atoms. The molecule has 4 aliphatic rings. The first-order valence-corrected chi connectivity index (χ1v) is 9.30. The summed E-state index contributed by atoms with van der Waals surface area (Å²) in [7, 11) is 0. The predicted octanol–water partition coefficient (Wildman–Crippen LogP) is 4.95. The van der Waals surface area contributed by atoms with Crippen molar-refractivity contribution in [3.05, 3.63) is 12.2 Å². The fourth-order valence-corrected chi connectivity index (χ4v) is 7.13. The molecule has 1 nitrogen and oxygen atoms in total. The van der Waals surface area contributed by atoms with E-state index < -0.39 is 0 Å². The van der Waals surface area contributed by atoms with Gasteiger partial charge in [0.15, 0.2) is 0 Å². The average molecular weight is 288 g/mol. The molecular weight excluding hydrogens is 256 g/mol. The van der Waals surface area contributed by atoms with Crippen molar-refractivity contribution in [2.45, 2.75) is 77.7 Å². The molecular formula is C20H32O. The molecule has 1 heteroatoms. The van der Waals surface area contributed by atoms with Crippen LogP contribution in [0.1, 0.15) is 71.6 Å². The Labute approximate surface area is 130 Å². The zero-order valence-electron chi connectivity index (χ0n) is 13.9. The zero-order valence-corrected chi connectivity index (χ0v) is 13.9. The van der Waals surface area contributed by atoms with Crippen LogP contribution in [0.3, 0.4) is 0 Å². The topological polar surface area (TPSA) is 20.2 Å². The predicted molar refractivity (Wildman–Crippen MR) is 86.9 cm³/mol. The Kier molecular flexibility index (Phi) is 3.13. The van der Waals surface area contributed by atoms with E-state index in [0.29, 0.717) is 5.41 Å². The lowest BCUT2D eigenvalue weighted by molar-refractivity contribution is -0.115. The van der Waals surface area contributed by atoms with Crippen LogP contribution in [0.2, 0.25) is 0 Å². The van der Waals surface area contributed by atoms with Crippen LogP contribution < -0.4 is 0 Å². The van der Waals surface area contributed by atoms with Crippen molar-refractivity contribution < 1.29 is 5.11 Å². The molecule has 1 N–H and O–H groups in total. The van der Waals surface area contributed by atoms with E-state index in [1.807, 2.05) is 0 Å². The van der Waals surface area contributed by atoms with Crippen molar-refractivity contribution in [3.63, 3.8) is 0 Å². The van der Waals surface area contributed by atoms with Crippen molar-refractivity contribution >= 4 is 0 Å². The molecule has 0 aromatic carbocycles. The molecule has 4 unspecified atom stereocenters. The summed E-state index contributed by atoms with van der Waals surface area (Å²) in [5.74, 6) is 3.52. The summed E-state index contributed by atoms with van der Waals surface area (Å²) < 4.78 is 0. The third kappa shape index (κ3) is 1.85. The molecule has 4 saturated carbocycles. The Balaban J connectivity index is 1.64. The van der Waals surface area contributed by atoms with Gasteiger partial charge in [-0.05, 0) is 92.3 Å². The fourth-order valence-electron chi connectivity index (χ4n) is 7.13. The molecule has 4 fully saturated rings. The van der Waals surface area contributed by atoms with Crippen molar-refractivity contribution in [1.29, 1.82) is 0 Å². The summed E-state index contributed by atoms with van der Waals surface area (Å²) in [5, 5.41) is 10.5. The minimum Gasteiger partial charge on any atom is -0.393 e. The van der Waals surface area contributed by atoms with Crippen molar-refractivity contribution in [2.24, 2.45) is 34.5 Å². The lowest BCUT2D eigenvalue weighted by Gasteiger charge is -2.60. The lowest BCUT2D eigenvalue weighted by Crippen LogP contribution is -2.53. The van der Waals surface area contributed by atoms with E-state index in [9.17, 15) is 5.11 Å². The van der Waals surface area contributed by atoms with Crippen LogP contribution >= 0.6 is 0 Å². The molecule has 118 valence electrons. The number of aliphatic hydroxyl groups excluding tert-OH is 1. The van der Waals surface area contributed by atoms with Gasteiger partial charge in [-0.1, -0.05) is 26.0 Å². The number of aliphatic hydroxyl groups is 1. The molecule has 0 aromatic rings. The lowest BCUT2D eigenvalue weighted by atomic mass is 9.45. The summed E-state index contributed by atoms with van der Waals surface area (Å²) in [5.41, 5.74) is 2.31. The highest BCUT2D eigenvalue weighted by molar-refractivity contribution is 5.13. The summed E-state index contributed by atoms with van der Waals surface area (Å²) in [6, 6.07) is 0. The van der Waals surface area contributed by atoms with Crippen LogP contribution in [0, 0.1) is 34.5 Å². The maximum Gasteiger partial charge on any atom is 0.0596 e.